The number of hydrogen-bond donors (Lipinski definition) is 3. The summed E-state index contributed by atoms with van der Waals surface area (Å²) in [5, 5.41) is 8.49. The predicted molar refractivity (Wildman–Crippen MR) is 57.2 cm³/mol. The van der Waals surface area contributed by atoms with Crippen molar-refractivity contribution in [2.45, 2.75) is 10.9 Å². The van der Waals surface area contributed by atoms with E-state index in [2.05, 4.69) is 4.72 Å². The van der Waals surface area contributed by atoms with E-state index in [1.54, 1.807) is 18.2 Å². The van der Waals surface area contributed by atoms with Crippen molar-refractivity contribution in [3.05, 3.63) is 30.3 Å². The van der Waals surface area contributed by atoms with Gasteiger partial charge in [-0.1, -0.05) is 18.2 Å². The highest BCUT2D eigenvalue weighted by Gasteiger charge is 2.17. The number of carboxylic acids is 1. The zero-order valence-electron chi connectivity index (χ0n) is 8.33. The predicted octanol–water partition coefficient (Wildman–Crippen LogP) is -0.623. The molecule has 0 radical (unpaired) electrons. The lowest BCUT2D eigenvalue weighted by atomic mass is 10.3. The largest absolute Gasteiger partial charge is 0.480 e. The lowest BCUT2D eigenvalue weighted by Crippen LogP contribution is -2.42. The van der Waals surface area contributed by atoms with E-state index in [1.165, 1.54) is 12.1 Å². The van der Waals surface area contributed by atoms with Crippen LogP contribution in [0.25, 0.3) is 0 Å². The SMILES string of the molecule is N[C@@H](CNS(=O)(=O)c1ccccc1)C(=O)O. The molecule has 1 rings (SSSR count). The highest BCUT2D eigenvalue weighted by molar-refractivity contribution is 7.89. The van der Waals surface area contributed by atoms with Crippen molar-refractivity contribution in [2.75, 3.05) is 6.54 Å². The Hall–Kier alpha value is -1.44. The van der Waals surface area contributed by atoms with Crippen LogP contribution in [0.4, 0.5) is 0 Å². The van der Waals surface area contributed by atoms with Gasteiger partial charge in [0.25, 0.3) is 0 Å². The number of sulfonamides is 1. The van der Waals surface area contributed by atoms with E-state index >= 15 is 0 Å². The number of carboxylic acid groups (broad SMARTS) is 1. The van der Waals surface area contributed by atoms with Gasteiger partial charge in [-0.15, -0.1) is 0 Å². The molecule has 88 valence electrons. The van der Waals surface area contributed by atoms with E-state index < -0.39 is 22.0 Å². The van der Waals surface area contributed by atoms with Crippen LogP contribution in [0.15, 0.2) is 35.2 Å². The van der Waals surface area contributed by atoms with Crippen molar-refractivity contribution in [3.63, 3.8) is 0 Å². The van der Waals surface area contributed by atoms with Crippen molar-refractivity contribution in [2.24, 2.45) is 5.73 Å². The van der Waals surface area contributed by atoms with Crippen LogP contribution in [0.2, 0.25) is 0 Å². The first-order valence-electron chi connectivity index (χ1n) is 4.46. The molecule has 0 unspecified atom stereocenters. The van der Waals surface area contributed by atoms with Gasteiger partial charge < -0.3 is 10.8 Å². The molecule has 0 aliphatic heterocycles. The maximum absolute atomic E-state index is 11.6. The molecule has 1 atom stereocenters. The number of nitrogens with one attached hydrogen (secondary N) is 1. The van der Waals surface area contributed by atoms with E-state index in [9.17, 15) is 13.2 Å². The van der Waals surface area contributed by atoms with Gasteiger partial charge in [0.2, 0.25) is 10.0 Å². The van der Waals surface area contributed by atoms with Crippen LogP contribution >= 0.6 is 0 Å². The third kappa shape index (κ3) is 3.30. The second-order valence-corrected chi connectivity index (χ2v) is 4.88. The van der Waals surface area contributed by atoms with E-state index in [4.69, 9.17) is 10.8 Å². The number of aliphatic carboxylic acids is 1. The normalized spacial score (nSPS) is 13.3. The molecule has 7 heteroatoms. The Balaban J connectivity index is 2.71. The fourth-order valence-corrected chi connectivity index (χ4v) is 2.05. The van der Waals surface area contributed by atoms with Crippen LogP contribution in [0.3, 0.4) is 0 Å². The first-order chi connectivity index (χ1) is 7.43. The number of carbonyl (C=O) groups is 1. The molecule has 1 aromatic rings. The molecule has 0 amide bonds. The quantitative estimate of drug-likeness (QED) is 0.639. The molecule has 4 N–H and O–H groups in total. The van der Waals surface area contributed by atoms with Crippen molar-refractivity contribution in [1.82, 2.24) is 4.72 Å². The van der Waals surface area contributed by atoms with Crippen molar-refractivity contribution in [1.29, 1.82) is 0 Å². The zero-order valence-corrected chi connectivity index (χ0v) is 9.15. The average Bonchev–Trinajstić information content (AvgIpc) is 2.27. The molecule has 0 saturated heterocycles. The number of benzene rings is 1. The summed E-state index contributed by atoms with van der Waals surface area (Å²) >= 11 is 0. The summed E-state index contributed by atoms with van der Waals surface area (Å²) in [5.41, 5.74) is 5.18. The van der Waals surface area contributed by atoms with Gasteiger partial charge in [-0.05, 0) is 12.1 Å². The molecule has 1 aromatic carbocycles. The molecular weight excluding hydrogens is 232 g/mol. The van der Waals surface area contributed by atoms with Gasteiger partial charge >= 0.3 is 5.97 Å². The second-order valence-electron chi connectivity index (χ2n) is 3.11. The Morgan fingerprint density at radius 2 is 1.94 bits per heavy atom. The molecule has 0 fully saturated rings. The van der Waals surface area contributed by atoms with Crippen LogP contribution in [0.1, 0.15) is 0 Å². The summed E-state index contributed by atoms with van der Waals surface area (Å²) in [6, 6.07) is 6.40. The standard InChI is InChI=1S/C9H12N2O4S/c10-8(9(12)13)6-11-16(14,15)7-4-2-1-3-5-7/h1-5,8,11H,6,10H2,(H,12,13)/t8-/m0/s1. The van der Waals surface area contributed by atoms with Gasteiger partial charge in [0, 0.05) is 6.54 Å². The van der Waals surface area contributed by atoms with Crippen LogP contribution < -0.4 is 10.5 Å². The summed E-state index contributed by atoms with van der Waals surface area (Å²) in [5.74, 6) is -1.25. The fraction of sp³-hybridized carbons (Fsp3) is 0.222. The maximum atomic E-state index is 11.6. The monoisotopic (exact) mass is 244 g/mol. The summed E-state index contributed by atoms with van der Waals surface area (Å²) in [6.07, 6.45) is 0. The third-order valence-electron chi connectivity index (χ3n) is 1.86. The van der Waals surface area contributed by atoms with Crippen molar-refractivity contribution < 1.29 is 18.3 Å². The molecule has 0 aromatic heterocycles. The summed E-state index contributed by atoms with van der Waals surface area (Å²) < 4.78 is 25.3. The van der Waals surface area contributed by atoms with Gasteiger partial charge in [0.1, 0.15) is 6.04 Å². The molecule has 6 nitrogen and oxygen atoms in total. The highest BCUT2D eigenvalue weighted by atomic mass is 32.2. The van der Waals surface area contributed by atoms with E-state index in [1.807, 2.05) is 0 Å². The fourth-order valence-electron chi connectivity index (χ4n) is 0.970. The molecule has 0 saturated carbocycles. The van der Waals surface area contributed by atoms with Gasteiger partial charge in [0.15, 0.2) is 0 Å². The van der Waals surface area contributed by atoms with Crippen molar-refractivity contribution in [3.8, 4) is 0 Å². The summed E-state index contributed by atoms with van der Waals surface area (Å²) in [7, 11) is -3.68. The zero-order chi connectivity index (χ0) is 12.2. The molecular formula is C9H12N2O4S. The number of rotatable bonds is 5. The summed E-state index contributed by atoms with van der Waals surface area (Å²) in [6.45, 7) is -0.341. The molecule has 16 heavy (non-hydrogen) atoms. The molecule has 0 spiro atoms. The van der Waals surface area contributed by atoms with Crippen LogP contribution in [-0.4, -0.2) is 32.1 Å². The van der Waals surface area contributed by atoms with Gasteiger partial charge in [-0.25, -0.2) is 13.1 Å². The number of nitrogens with two attached hydrogens (primary N) is 1. The first-order valence-corrected chi connectivity index (χ1v) is 5.95. The lowest BCUT2D eigenvalue weighted by molar-refractivity contribution is -0.138. The molecule has 0 bridgehead atoms. The minimum absolute atomic E-state index is 0.0765. The van der Waals surface area contributed by atoms with Crippen LogP contribution in [0.5, 0.6) is 0 Å². The molecule has 0 aliphatic rings. The summed E-state index contributed by atoms with van der Waals surface area (Å²) in [4.78, 5) is 10.5. The Bertz CT molecular complexity index is 458. The average molecular weight is 244 g/mol. The number of hydrogen-bond acceptors (Lipinski definition) is 4. The Morgan fingerprint density at radius 1 is 1.38 bits per heavy atom. The Labute approximate surface area is 93.1 Å². The van der Waals surface area contributed by atoms with Crippen LogP contribution in [-0.2, 0) is 14.8 Å². The Morgan fingerprint density at radius 3 is 2.44 bits per heavy atom. The van der Waals surface area contributed by atoms with Gasteiger partial charge in [0.05, 0.1) is 4.90 Å². The van der Waals surface area contributed by atoms with Crippen molar-refractivity contribution >= 4 is 16.0 Å². The van der Waals surface area contributed by atoms with E-state index in [0.717, 1.165) is 0 Å². The second kappa shape index (κ2) is 5.06. The Kier molecular flexibility index (Phi) is 3.99. The van der Waals surface area contributed by atoms with Crippen LogP contribution in [0, 0.1) is 0 Å². The third-order valence-corrected chi connectivity index (χ3v) is 3.30. The van der Waals surface area contributed by atoms with E-state index in [-0.39, 0.29) is 11.4 Å². The molecule has 0 heterocycles. The smallest absolute Gasteiger partial charge is 0.321 e. The maximum Gasteiger partial charge on any atom is 0.321 e. The first kappa shape index (κ1) is 12.6. The minimum atomic E-state index is -3.68. The van der Waals surface area contributed by atoms with E-state index in [0.29, 0.717) is 0 Å². The molecule has 0 aliphatic carbocycles. The lowest BCUT2D eigenvalue weighted by Gasteiger charge is -2.09. The highest BCUT2D eigenvalue weighted by Crippen LogP contribution is 2.06. The van der Waals surface area contributed by atoms with Gasteiger partial charge in [-0.2, -0.15) is 0 Å². The minimum Gasteiger partial charge on any atom is -0.480 e. The van der Waals surface area contributed by atoms with Gasteiger partial charge in [-0.3, -0.25) is 4.79 Å². The topological polar surface area (TPSA) is 109 Å².